The second-order valence-electron chi connectivity index (χ2n) is 6.48. The fourth-order valence-corrected chi connectivity index (χ4v) is 2.51. The first-order valence-electron chi connectivity index (χ1n) is 8.59. The van der Waals surface area contributed by atoms with Crippen LogP contribution in [0.3, 0.4) is 0 Å². The minimum atomic E-state index is -3.01. The highest BCUT2D eigenvalue weighted by Gasteiger charge is 2.35. The molecule has 3 N–H and O–H groups in total. The topological polar surface area (TPSA) is 111 Å². The third-order valence-electron chi connectivity index (χ3n) is 4.11. The fourth-order valence-electron chi connectivity index (χ4n) is 2.51. The summed E-state index contributed by atoms with van der Waals surface area (Å²) in [6.07, 6.45) is 1.37. The van der Waals surface area contributed by atoms with E-state index in [1.165, 1.54) is 0 Å². The highest BCUT2D eigenvalue weighted by atomic mass is 19.3. The van der Waals surface area contributed by atoms with Crippen LogP contribution in [0.15, 0.2) is 4.52 Å². The van der Waals surface area contributed by atoms with E-state index in [4.69, 9.17) is 10.3 Å². The molecule has 2 rings (SSSR count). The summed E-state index contributed by atoms with van der Waals surface area (Å²) in [6.45, 7) is 3.31. The van der Waals surface area contributed by atoms with E-state index in [0.717, 1.165) is 12.8 Å². The molecular formula is C16H24F2N4O3. The molecule has 0 saturated heterocycles. The van der Waals surface area contributed by atoms with Crippen molar-refractivity contribution in [1.29, 1.82) is 0 Å². The van der Waals surface area contributed by atoms with Crippen LogP contribution in [-0.4, -0.2) is 39.8 Å². The molecule has 1 aromatic rings. The molecule has 9 heteroatoms. The molecule has 25 heavy (non-hydrogen) atoms. The van der Waals surface area contributed by atoms with Gasteiger partial charge in [-0.25, -0.2) is 8.78 Å². The molecule has 7 nitrogen and oxygen atoms in total. The summed E-state index contributed by atoms with van der Waals surface area (Å²) in [6, 6.07) is -2.33. The summed E-state index contributed by atoms with van der Waals surface area (Å²) < 4.78 is 32.2. The number of hydrogen-bond acceptors (Lipinski definition) is 6. The monoisotopic (exact) mass is 358 g/mol. The Kier molecular flexibility index (Phi) is 6.21. The Morgan fingerprint density at radius 1 is 1.40 bits per heavy atom. The first kappa shape index (κ1) is 19.4. The van der Waals surface area contributed by atoms with Gasteiger partial charge in [0.2, 0.25) is 17.6 Å². The zero-order valence-electron chi connectivity index (χ0n) is 14.4. The van der Waals surface area contributed by atoms with Gasteiger partial charge in [-0.3, -0.25) is 9.59 Å². The molecule has 0 bridgehead atoms. The maximum atomic E-state index is 13.6. The minimum Gasteiger partial charge on any atom is -0.344 e. The minimum absolute atomic E-state index is 0.182. The van der Waals surface area contributed by atoms with E-state index in [1.807, 2.05) is 0 Å². The summed E-state index contributed by atoms with van der Waals surface area (Å²) in [5.41, 5.74) is 5.57. The first-order valence-corrected chi connectivity index (χ1v) is 8.59. The van der Waals surface area contributed by atoms with Crippen LogP contribution in [0.4, 0.5) is 8.78 Å². The molecule has 0 radical (unpaired) electrons. The van der Waals surface area contributed by atoms with Crippen LogP contribution >= 0.6 is 0 Å². The lowest BCUT2D eigenvalue weighted by Gasteiger charge is -2.21. The second-order valence-corrected chi connectivity index (χ2v) is 6.48. The molecular weight excluding hydrogens is 334 g/mol. The van der Waals surface area contributed by atoms with Gasteiger partial charge in [0.05, 0.1) is 12.1 Å². The Morgan fingerprint density at radius 2 is 2.08 bits per heavy atom. The second kappa shape index (κ2) is 7.99. The van der Waals surface area contributed by atoms with Crippen molar-refractivity contribution in [1.82, 2.24) is 15.5 Å². The van der Waals surface area contributed by atoms with Crippen LogP contribution < -0.4 is 11.1 Å². The van der Waals surface area contributed by atoms with Crippen molar-refractivity contribution < 1.29 is 22.9 Å². The van der Waals surface area contributed by atoms with E-state index in [9.17, 15) is 18.4 Å². The predicted octanol–water partition coefficient (Wildman–Crippen LogP) is 2.18. The number of Topliss-reactive ketones (excluding diaryl/α,β-unsaturated/α-hetero) is 1. The Balaban J connectivity index is 1.94. The van der Waals surface area contributed by atoms with Crippen molar-refractivity contribution in [3.8, 4) is 0 Å². The van der Waals surface area contributed by atoms with Gasteiger partial charge in [0.25, 0.3) is 5.89 Å². The molecule has 0 unspecified atom stereocenters. The summed E-state index contributed by atoms with van der Waals surface area (Å²) in [5, 5.41) is 6.16. The van der Waals surface area contributed by atoms with E-state index >= 15 is 0 Å². The average molecular weight is 358 g/mol. The van der Waals surface area contributed by atoms with Gasteiger partial charge in [0.1, 0.15) is 0 Å². The number of nitrogens with two attached hydrogens (primary N) is 1. The van der Waals surface area contributed by atoms with Gasteiger partial charge in [-0.2, -0.15) is 4.98 Å². The van der Waals surface area contributed by atoms with Gasteiger partial charge >= 0.3 is 0 Å². The lowest BCUT2D eigenvalue weighted by Crippen LogP contribution is -2.50. The molecule has 1 fully saturated rings. The molecule has 0 aliphatic heterocycles. The summed E-state index contributed by atoms with van der Waals surface area (Å²) in [4.78, 5) is 28.5. The van der Waals surface area contributed by atoms with E-state index in [-0.39, 0.29) is 31.1 Å². The third-order valence-corrected chi connectivity index (χ3v) is 4.11. The number of hydrogen-bond donors (Lipinski definition) is 2. The number of carbonyl (C=O) groups is 2. The molecule has 1 saturated carbocycles. The van der Waals surface area contributed by atoms with Gasteiger partial charge < -0.3 is 15.6 Å². The number of ketones is 1. The van der Waals surface area contributed by atoms with Crippen molar-refractivity contribution in [2.75, 3.05) is 0 Å². The number of amides is 1. The summed E-state index contributed by atoms with van der Waals surface area (Å²) >= 11 is 0. The van der Waals surface area contributed by atoms with Crippen LogP contribution in [0, 0.1) is 0 Å². The zero-order chi connectivity index (χ0) is 18.6. The van der Waals surface area contributed by atoms with Crippen LogP contribution in [0.2, 0.25) is 0 Å². The summed E-state index contributed by atoms with van der Waals surface area (Å²) in [7, 11) is 0. The molecule has 2 atom stereocenters. The lowest BCUT2D eigenvalue weighted by molar-refractivity contribution is -0.125. The number of nitrogens with one attached hydrogen (secondary N) is 1. The van der Waals surface area contributed by atoms with E-state index in [2.05, 4.69) is 15.5 Å². The molecule has 1 aliphatic rings. The normalized spacial score (nSPS) is 17.2. The molecule has 1 heterocycles. The van der Waals surface area contributed by atoms with Crippen LogP contribution in [0.1, 0.15) is 74.8 Å². The molecule has 1 aliphatic carbocycles. The van der Waals surface area contributed by atoms with Gasteiger partial charge in [-0.05, 0) is 19.3 Å². The molecule has 1 amide bonds. The van der Waals surface area contributed by atoms with Crippen LogP contribution in [0.5, 0.6) is 0 Å². The fraction of sp³-hybridized carbons (Fsp3) is 0.750. The van der Waals surface area contributed by atoms with Crippen molar-refractivity contribution in [3.05, 3.63) is 11.7 Å². The molecule has 0 aromatic carbocycles. The zero-order valence-corrected chi connectivity index (χ0v) is 14.4. The smallest absolute Gasteiger partial charge is 0.296 e. The van der Waals surface area contributed by atoms with Crippen molar-refractivity contribution in [2.45, 2.75) is 76.3 Å². The quantitative estimate of drug-likeness (QED) is 0.620. The molecule has 0 spiro atoms. The molecule has 1 aromatic heterocycles. The maximum Gasteiger partial charge on any atom is 0.296 e. The van der Waals surface area contributed by atoms with Gasteiger partial charge in [0.15, 0.2) is 5.82 Å². The number of carbonyl (C=O) groups excluding carboxylic acids is 2. The number of alkyl halides is 2. The number of halogens is 2. The Hall–Kier alpha value is -1.90. The highest BCUT2D eigenvalue weighted by Crippen LogP contribution is 2.38. The Bertz CT molecular complexity index is 616. The third kappa shape index (κ3) is 5.29. The molecule has 140 valence electrons. The van der Waals surface area contributed by atoms with Gasteiger partial charge in [-0.1, -0.05) is 25.4 Å². The van der Waals surface area contributed by atoms with E-state index in [1.54, 1.807) is 13.8 Å². The van der Waals surface area contributed by atoms with Crippen LogP contribution in [-0.2, 0) is 4.79 Å². The number of aromatic nitrogens is 2. The highest BCUT2D eigenvalue weighted by molar-refractivity contribution is 5.99. The summed E-state index contributed by atoms with van der Waals surface area (Å²) in [5.74, 6) is -3.81. The van der Waals surface area contributed by atoms with Crippen LogP contribution in [0.25, 0.3) is 0 Å². The Labute approximate surface area is 144 Å². The van der Waals surface area contributed by atoms with Crippen molar-refractivity contribution >= 4 is 11.7 Å². The maximum absolute atomic E-state index is 13.6. The predicted molar refractivity (Wildman–Crippen MR) is 85.3 cm³/mol. The largest absolute Gasteiger partial charge is 0.344 e. The van der Waals surface area contributed by atoms with E-state index < -0.39 is 36.1 Å². The van der Waals surface area contributed by atoms with Gasteiger partial charge in [-0.15, -0.1) is 0 Å². The number of nitrogens with zero attached hydrogens (tertiary/aromatic N) is 2. The van der Waals surface area contributed by atoms with Crippen molar-refractivity contribution in [2.24, 2.45) is 5.73 Å². The van der Waals surface area contributed by atoms with Crippen molar-refractivity contribution in [3.63, 3.8) is 0 Å². The lowest BCUT2D eigenvalue weighted by atomic mass is 10.0. The van der Waals surface area contributed by atoms with E-state index in [0.29, 0.717) is 5.82 Å². The SMILES string of the molecule is CCCC(F)(F)C[C@H](N)C(=O)N[C@@H](CC)C(=O)c1nc(C2CC2)no1. The standard InChI is InChI=1S/C16H24F2N4O3/c1-3-7-16(17,18)8-10(19)14(24)20-11(4-2)12(23)15-21-13(22-25-15)9-5-6-9/h9-11H,3-8,19H2,1-2H3,(H,20,24)/t10-,11-/m0/s1. The first-order chi connectivity index (χ1) is 11.8. The number of rotatable bonds is 10. The Morgan fingerprint density at radius 3 is 2.64 bits per heavy atom. The van der Waals surface area contributed by atoms with Gasteiger partial charge in [0, 0.05) is 18.8 Å². The average Bonchev–Trinajstić information content (AvgIpc) is 3.28.